The number of nitrogens with zero attached hydrogens (tertiary/aromatic N) is 4. The molecule has 1 N–H and O–H groups in total. The average molecular weight is 267 g/mol. The van der Waals surface area contributed by atoms with Crippen LogP contribution in [0, 0.1) is 6.92 Å². The fraction of sp³-hybridized carbons (Fsp3) is 0.143. The first-order chi connectivity index (χ1) is 9.72. The summed E-state index contributed by atoms with van der Waals surface area (Å²) >= 11 is 0. The fourth-order valence-corrected chi connectivity index (χ4v) is 1.85. The van der Waals surface area contributed by atoms with Crippen LogP contribution in [-0.2, 0) is 6.54 Å². The van der Waals surface area contributed by atoms with Gasteiger partial charge in [0, 0.05) is 37.4 Å². The van der Waals surface area contributed by atoms with Crippen LogP contribution in [0.15, 0.2) is 43.0 Å². The third-order valence-electron chi connectivity index (χ3n) is 2.88. The lowest BCUT2D eigenvalue weighted by molar-refractivity contribution is 0.0945. The van der Waals surface area contributed by atoms with Crippen molar-refractivity contribution in [3.63, 3.8) is 0 Å². The van der Waals surface area contributed by atoms with Crippen molar-refractivity contribution < 1.29 is 4.79 Å². The molecule has 100 valence electrons. The molecule has 6 nitrogen and oxygen atoms in total. The van der Waals surface area contributed by atoms with Gasteiger partial charge in [-0.25, -0.2) is 9.50 Å². The normalized spacial score (nSPS) is 10.7. The first-order valence-corrected chi connectivity index (χ1v) is 6.21. The minimum absolute atomic E-state index is 0.218. The van der Waals surface area contributed by atoms with Crippen molar-refractivity contribution in [2.24, 2.45) is 0 Å². The lowest BCUT2D eigenvalue weighted by atomic mass is 10.2. The minimum Gasteiger partial charge on any atom is -0.347 e. The molecule has 0 aliphatic heterocycles. The molecule has 3 heterocycles. The Balaban J connectivity index is 1.75. The van der Waals surface area contributed by atoms with Crippen molar-refractivity contribution in [3.8, 4) is 0 Å². The number of hydrogen-bond acceptors (Lipinski definition) is 4. The summed E-state index contributed by atoms with van der Waals surface area (Å²) < 4.78 is 1.61. The zero-order valence-corrected chi connectivity index (χ0v) is 10.9. The summed E-state index contributed by atoms with van der Waals surface area (Å²) in [5, 5.41) is 7.04. The van der Waals surface area contributed by atoms with E-state index < -0.39 is 0 Å². The minimum atomic E-state index is -0.218. The largest absolute Gasteiger partial charge is 0.347 e. The third kappa shape index (κ3) is 2.49. The van der Waals surface area contributed by atoms with Crippen LogP contribution in [-0.4, -0.2) is 25.5 Å². The highest BCUT2D eigenvalue weighted by molar-refractivity contribution is 5.93. The van der Waals surface area contributed by atoms with E-state index in [4.69, 9.17) is 0 Å². The molecule has 0 radical (unpaired) electrons. The number of aryl methyl sites for hydroxylation is 1. The van der Waals surface area contributed by atoms with Crippen molar-refractivity contribution in [2.45, 2.75) is 13.5 Å². The van der Waals surface area contributed by atoms with Gasteiger partial charge in [0.2, 0.25) is 0 Å². The van der Waals surface area contributed by atoms with E-state index in [-0.39, 0.29) is 5.91 Å². The summed E-state index contributed by atoms with van der Waals surface area (Å²) in [5.74, 6) is -0.218. The number of aromatic nitrogens is 4. The summed E-state index contributed by atoms with van der Waals surface area (Å²) in [6.45, 7) is 2.37. The Morgan fingerprint density at radius 3 is 2.95 bits per heavy atom. The number of nitrogens with one attached hydrogen (secondary N) is 1. The third-order valence-corrected chi connectivity index (χ3v) is 2.88. The SMILES string of the molecule is Cc1cnc2cc(C(=O)NCc3ccncc3)nn2c1. The Morgan fingerprint density at radius 2 is 2.15 bits per heavy atom. The maximum absolute atomic E-state index is 12.0. The molecule has 1 amide bonds. The first kappa shape index (κ1) is 12.3. The summed E-state index contributed by atoms with van der Waals surface area (Å²) in [5.41, 5.74) is 3.00. The molecule has 0 spiro atoms. The molecule has 0 aromatic carbocycles. The highest BCUT2D eigenvalue weighted by Crippen LogP contribution is 2.05. The highest BCUT2D eigenvalue weighted by atomic mass is 16.1. The molecule has 3 rings (SSSR count). The van der Waals surface area contributed by atoms with E-state index in [9.17, 15) is 4.79 Å². The van der Waals surface area contributed by atoms with Crippen LogP contribution in [0.1, 0.15) is 21.6 Å². The highest BCUT2D eigenvalue weighted by Gasteiger charge is 2.11. The van der Waals surface area contributed by atoms with Crippen molar-refractivity contribution in [2.75, 3.05) is 0 Å². The summed E-state index contributed by atoms with van der Waals surface area (Å²) in [7, 11) is 0. The van der Waals surface area contributed by atoms with Crippen molar-refractivity contribution in [1.82, 2.24) is 24.9 Å². The molecule has 0 fully saturated rings. The standard InChI is InChI=1S/C14H13N5O/c1-10-7-16-13-6-12(18-19(13)9-10)14(20)17-8-11-2-4-15-5-3-11/h2-7,9H,8H2,1H3,(H,17,20). The summed E-state index contributed by atoms with van der Waals surface area (Å²) in [4.78, 5) is 20.2. The van der Waals surface area contributed by atoms with Crippen molar-refractivity contribution in [3.05, 3.63) is 59.8 Å². The Hall–Kier alpha value is -2.76. The van der Waals surface area contributed by atoms with E-state index in [1.807, 2.05) is 25.3 Å². The number of amides is 1. The molecular formula is C14H13N5O. The van der Waals surface area contributed by atoms with E-state index in [1.165, 1.54) is 0 Å². The Labute approximate surface area is 115 Å². The Morgan fingerprint density at radius 1 is 1.35 bits per heavy atom. The predicted octanol–water partition coefficient (Wildman–Crippen LogP) is 1.36. The number of carbonyl (C=O) groups is 1. The molecule has 0 aliphatic carbocycles. The van der Waals surface area contributed by atoms with Gasteiger partial charge in [0.15, 0.2) is 11.3 Å². The molecule has 0 bridgehead atoms. The van der Waals surface area contributed by atoms with Gasteiger partial charge in [-0.3, -0.25) is 9.78 Å². The second-order valence-electron chi connectivity index (χ2n) is 4.50. The maximum atomic E-state index is 12.0. The molecule has 20 heavy (non-hydrogen) atoms. The zero-order valence-electron chi connectivity index (χ0n) is 10.9. The van der Waals surface area contributed by atoms with Gasteiger partial charge in [-0.15, -0.1) is 0 Å². The molecule has 0 saturated carbocycles. The van der Waals surface area contributed by atoms with Crippen LogP contribution in [0.5, 0.6) is 0 Å². The topological polar surface area (TPSA) is 72.2 Å². The lowest BCUT2D eigenvalue weighted by Gasteiger charge is -2.02. The summed E-state index contributed by atoms with van der Waals surface area (Å²) in [6.07, 6.45) is 6.97. The molecule has 0 unspecified atom stereocenters. The Kier molecular flexibility index (Phi) is 3.12. The number of rotatable bonds is 3. The van der Waals surface area contributed by atoms with E-state index >= 15 is 0 Å². The molecule has 6 heteroatoms. The van der Waals surface area contributed by atoms with Gasteiger partial charge >= 0.3 is 0 Å². The van der Waals surface area contributed by atoms with Gasteiger partial charge in [0.1, 0.15) is 0 Å². The molecule has 0 atom stereocenters. The van der Waals surface area contributed by atoms with E-state index in [2.05, 4.69) is 20.4 Å². The molecule has 3 aromatic rings. The second-order valence-corrected chi connectivity index (χ2v) is 4.50. The first-order valence-electron chi connectivity index (χ1n) is 6.21. The number of fused-ring (bicyclic) bond motifs is 1. The smallest absolute Gasteiger partial charge is 0.272 e. The summed E-state index contributed by atoms with van der Waals surface area (Å²) in [6, 6.07) is 5.38. The molecule has 0 aliphatic rings. The van der Waals surface area contributed by atoms with E-state index in [0.717, 1.165) is 11.1 Å². The van der Waals surface area contributed by atoms with Crippen molar-refractivity contribution >= 4 is 11.6 Å². The molecular weight excluding hydrogens is 254 g/mol. The quantitative estimate of drug-likeness (QED) is 0.777. The van der Waals surface area contributed by atoms with Crippen molar-refractivity contribution in [1.29, 1.82) is 0 Å². The molecule has 0 saturated heterocycles. The van der Waals surface area contributed by atoms with Gasteiger partial charge in [0.05, 0.1) is 0 Å². The molecule has 3 aromatic heterocycles. The zero-order chi connectivity index (χ0) is 13.9. The number of pyridine rings is 1. The van der Waals surface area contributed by atoms with E-state index in [0.29, 0.717) is 17.9 Å². The number of carbonyl (C=O) groups excluding carboxylic acids is 1. The fourth-order valence-electron chi connectivity index (χ4n) is 1.85. The second kappa shape index (κ2) is 5.08. The van der Waals surface area contributed by atoms with Crippen LogP contribution in [0.25, 0.3) is 5.65 Å². The van der Waals surface area contributed by atoms with Crippen LogP contribution < -0.4 is 5.32 Å². The lowest BCUT2D eigenvalue weighted by Crippen LogP contribution is -2.23. The maximum Gasteiger partial charge on any atom is 0.272 e. The predicted molar refractivity (Wildman–Crippen MR) is 73.1 cm³/mol. The average Bonchev–Trinajstić information content (AvgIpc) is 2.89. The van der Waals surface area contributed by atoms with Crippen LogP contribution in [0.4, 0.5) is 0 Å². The Bertz CT molecular complexity index is 751. The number of hydrogen-bond donors (Lipinski definition) is 1. The van der Waals surface area contributed by atoms with E-state index in [1.54, 1.807) is 29.2 Å². The van der Waals surface area contributed by atoms with Crippen LogP contribution in [0.2, 0.25) is 0 Å². The van der Waals surface area contributed by atoms with Crippen LogP contribution >= 0.6 is 0 Å². The van der Waals surface area contributed by atoms with Gasteiger partial charge in [0.25, 0.3) is 5.91 Å². The van der Waals surface area contributed by atoms with Crippen LogP contribution in [0.3, 0.4) is 0 Å². The van der Waals surface area contributed by atoms with Gasteiger partial charge in [-0.1, -0.05) is 0 Å². The monoisotopic (exact) mass is 267 g/mol. The van der Waals surface area contributed by atoms with Gasteiger partial charge in [-0.05, 0) is 30.2 Å². The van der Waals surface area contributed by atoms with Gasteiger partial charge in [-0.2, -0.15) is 5.10 Å². The van der Waals surface area contributed by atoms with Gasteiger partial charge < -0.3 is 5.32 Å².